The molecule has 0 unspecified atom stereocenters. The lowest BCUT2D eigenvalue weighted by Gasteiger charge is -2.28. The molecule has 0 aromatic heterocycles. The molecule has 1 aliphatic carbocycles. The van der Waals surface area contributed by atoms with E-state index >= 15 is 0 Å². The molecule has 2 atom stereocenters. The van der Waals surface area contributed by atoms with Crippen molar-refractivity contribution in [2.24, 2.45) is 0 Å². The van der Waals surface area contributed by atoms with Gasteiger partial charge in [0.1, 0.15) is 11.9 Å². The van der Waals surface area contributed by atoms with Crippen LogP contribution >= 0.6 is 27.5 Å². The van der Waals surface area contributed by atoms with E-state index < -0.39 is 59.1 Å². The van der Waals surface area contributed by atoms with Crippen molar-refractivity contribution < 1.29 is 62.8 Å². The SMILES string of the molecule is CC(C)(C)c1ccc(-c2ccc(C(=O)C(=O)N[C@H](CN3CCCC3)[C@H](O)c3ccc(OC4CC4)c(Cl)c3)cc2)cc1.CC(C)(C)c1ccc(-c2ccc(C(=O)C(=O)O)cc2)cc1.CCOC(=O)C(=O)c1ccc(-c2ccc(C(C)(C)C)cc2)cc1.CCOC(=O)C(=O)c1ccc(Br)cc1. The number of likely N-dealkylation sites (tertiary alicyclic amines) is 1. The number of carbonyl (C=O) groups is 8. The van der Waals surface area contributed by atoms with E-state index in [1.165, 1.54) is 16.7 Å². The van der Waals surface area contributed by atoms with E-state index in [0.29, 0.717) is 39.6 Å². The summed E-state index contributed by atoms with van der Waals surface area (Å²) in [5.74, 6) is -5.94. The summed E-state index contributed by atoms with van der Waals surface area (Å²) in [7, 11) is 0. The molecule has 2 aliphatic rings. The van der Waals surface area contributed by atoms with Gasteiger partial charge < -0.3 is 34.6 Å². The van der Waals surface area contributed by atoms with Crippen molar-refractivity contribution >= 4 is 74.5 Å². The number of benzene rings is 8. The average molecular weight is 1420 g/mol. The number of aliphatic carboxylic acids is 1. The van der Waals surface area contributed by atoms with Crippen molar-refractivity contribution in [2.75, 3.05) is 32.8 Å². The van der Waals surface area contributed by atoms with Crippen molar-refractivity contribution in [2.45, 2.75) is 136 Å². The van der Waals surface area contributed by atoms with Crippen molar-refractivity contribution in [1.29, 1.82) is 0 Å². The molecule has 1 saturated heterocycles. The lowest BCUT2D eigenvalue weighted by atomic mass is 9.86. The number of aliphatic hydroxyl groups is 1. The normalized spacial score (nSPS) is 13.4. The first-order valence-corrected chi connectivity index (χ1v) is 34.3. The Morgan fingerprint density at radius 3 is 1.15 bits per heavy atom. The lowest BCUT2D eigenvalue weighted by Crippen LogP contribution is -2.48. The van der Waals surface area contributed by atoms with Gasteiger partial charge >= 0.3 is 17.9 Å². The smallest absolute Gasteiger partial charge is 0.379 e. The van der Waals surface area contributed by atoms with E-state index in [1.54, 1.807) is 105 Å². The summed E-state index contributed by atoms with van der Waals surface area (Å²) in [6.07, 6.45) is 3.34. The Bertz CT molecular complexity index is 4090. The number of ketones is 4. The number of ether oxygens (including phenoxy) is 3. The van der Waals surface area contributed by atoms with Gasteiger partial charge in [-0.1, -0.05) is 242 Å². The van der Waals surface area contributed by atoms with Crippen LogP contribution in [0.2, 0.25) is 5.02 Å². The first-order valence-electron chi connectivity index (χ1n) is 33.2. The van der Waals surface area contributed by atoms with Gasteiger partial charge in [-0.3, -0.25) is 24.0 Å². The van der Waals surface area contributed by atoms with Gasteiger partial charge in [0, 0.05) is 33.3 Å². The molecule has 3 N–H and O–H groups in total. The van der Waals surface area contributed by atoms with Gasteiger partial charge in [-0.25, -0.2) is 14.4 Å². The van der Waals surface area contributed by atoms with Gasteiger partial charge in [0.15, 0.2) is 0 Å². The number of carbonyl (C=O) groups excluding carboxylic acids is 7. The summed E-state index contributed by atoms with van der Waals surface area (Å²) in [4.78, 5) is 96.2. The number of hydrogen-bond donors (Lipinski definition) is 3. The van der Waals surface area contributed by atoms with Crippen LogP contribution in [-0.2, 0) is 44.9 Å². The third-order valence-electron chi connectivity index (χ3n) is 16.6. The molecule has 1 saturated carbocycles. The number of halogens is 2. The highest BCUT2D eigenvalue weighted by Crippen LogP contribution is 2.35. The Morgan fingerprint density at radius 1 is 0.495 bits per heavy atom. The van der Waals surface area contributed by atoms with E-state index in [4.69, 9.17) is 26.2 Å². The van der Waals surface area contributed by atoms with Crippen LogP contribution in [0.1, 0.15) is 172 Å². The maximum absolute atomic E-state index is 13.2. The van der Waals surface area contributed by atoms with Crippen LogP contribution in [0.5, 0.6) is 5.75 Å². The van der Waals surface area contributed by atoms with E-state index in [-0.39, 0.29) is 41.1 Å². The number of amides is 1. The second-order valence-corrected chi connectivity index (χ2v) is 28.6. The zero-order valence-corrected chi connectivity index (χ0v) is 60.4. The summed E-state index contributed by atoms with van der Waals surface area (Å²) >= 11 is 9.69. The Labute approximate surface area is 594 Å². The van der Waals surface area contributed by atoms with E-state index in [0.717, 1.165) is 76.6 Å². The zero-order chi connectivity index (χ0) is 72.4. The average Bonchev–Trinajstić information content (AvgIpc) is 1.55. The zero-order valence-electron chi connectivity index (χ0n) is 58.1. The van der Waals surface area contributed by atoms with Crippen molar-refractivity contribution in [3.05, 3.63) is 242 Å². The van der Waals surface area contributed by atoms with Gasteiger partial charge in [-0.2, -0.15) is 0 Å². The molecule has 0 spiro atoms. The van der Waals surface area contributed by atoms with Crippen LogP contribution < -0.4 is 10.1 Å². The van der Waals surface area contributed by atoms with E-state index in [1.807, 2.05) is 36.4 Å². The largest absolute Gasteiger partial charge is 0.489 e. The van der Waals surface area contributed by atoms with Crippen molar-refractivity contribution in [1.82, 2.24) is 10.2 Å². The fourth-order valence-electron chi connectivity index (χ4n) is 10.5. The predicted molar refractivity (Wildman–Crippen MR) is 392 cm³/mol. The summed E-state index contributed by atoms with van der Waals surface area (Å²) in [5.41, 5.74) is 11.9. The summed E-state index contributed by atoms with van der Waals surface area (Å²) < 4.78 is 16.0. The number of nitrogens with one attached hydrogen (secondary N) is 1. The molecular weight excluding hydrogens is 1340 g/mol. The van der Waals surface area contributed by atoms with Crippen LogP contribution in [0.15, 0.2) is 193 Å². The second kappa shape index (κ2) is 35.0. The highest BCUT2D eigenvalue weighted by atomic mass is 79.9. The number of esters is 2. The monoisotopic (exact) mass is 1420 g/mol. The van der Waals surface area contributed by atoms with Gasteiger partial charge in [-0.15, -0.1) is 0 Å². The van der Waals surface area contributed by atoms with Crippen LogP contribution in [0, 0.1) is 0 Å². The molecule has 2 fully saturated rings. The molecule has 8 aromatic carbocycles. The number of Topliss-reactive ketones (excluding diaryl/α,β-unsaturated/α-hetero) is 4. The maximum atomic E-state index is 13.2. The fraction of sp³-hybridized carbons (Fsp3) is 0.317. The van der Waals surface area contributed by atoms with E-state index in [2.05, 4.69) is 154 Å². The van der Waals surface area contributed by atoms with Crippen LogP contribution in [0.4, 0.5) is 0 Å². The molecule has 518 valence electrons. The van der Waals surface area contributed by atoms with Gasteiger partial charge in [0.05, 0.1) is 30.4 Å². The Kier molecular flexibility index (Phi) is 27.3. The molecule has 8 aromatic rings. The second-order valence-electron chi connectivity index (χ2n) is 27.3. The number of hydrogen-bond acceptors (Lipinski definition) is 13. The molecular formula is C82H88BrClN2O13. The molecule has 1 amide bonds. The quantitative estimate of drug-likeness (QED) is 0.0367. The van der Waals surface area contributed by atoms with Gasteiger partial charge in [0.25, 0.3) is 23.3 Å². The first-order chi connectivity index (χ1) is 46.8. The van der Waals surface area contributed by atoms with Crippen LogP contribution in [0.3, 0.4) is 0 Å². The maximum Gasteiger partial charge on any atom is 0.379 e. The molecule has 0 bridgehead atoms. The first kappa shape index (κ1) is 77.2. The van der Waals surface area contributed by atoms with Gasteiger partial charge in [-0.05, 0) is 161 Å². The number of nitrogens with zero attached hydrogens (tertiary/aromatic N) is 1. The molecule has 99 heavy (non-hydrogen) atoms. The van der Waals surface area contributed by atoms with Gasteiger partial charge in [0.2, 0.25) is 5.78 Å². The van der Waals surface area contributed by atoms with Crippen LogP contribution in [0.25, 0.3) is 33.4 Å². The molecule has 1 aliphatic heterocycles. The molecule has 15 nitrogen and oxygen atoms in total. The Morgan fingerprint density at radius 2 is 0.828 bits per heavy atom. The van der Waals surface area contributed by atoms with Crippen molar-refractivity contribution in [3.8, 4) is 39.1 Å². The molecule has 0 radical (unpaired) electrons. The van der Waals surface area contributed by atoms with E-state index in [9.17, 15) is 43.5 Å². The molecule has 10 rings (SSSR count). The highest BCUT2D eigenvalue weighted by Gasteiger charge is 2.31. The summed E-state index contributed by atoms with van der Waals surface area (Å²) in [5, 5.41) is 23.3. The molecule has 17 heteroatoms. The fourth-order valence-corrected chi connectivity index (χ4v) is 11.0. The number of carboxylic acid groups (broad SMARTS) is 1. The minimum Gasteiger partial charge on any atom is -0.489 e. The topological polar surface area (TPSA) is 220 Å². The molecule has 1 heterocycles. The third-order valence-corrected chi connectivity index (χ3v) is 17.4. The number of carboxylic acids is 1. The summed E-state index contributed by atoms with van der Waals surface area (Å²) in [6, 6.07) is 56.8. The lowest BCUT2D eigenvalue weighted by molar-refractivity contribution is -0.138. The Balaban J connectivity index is 0.000000202. The van der Waals surface area contributed by atoms with Crippen LogP contribution in [-0.4, -0.2) is 107 Å². The highest BCUT2D eigenvalue weighted by molar-refractivity contribution is 9.10. The third kappa shape index (κ3) is 22.7. The minimum atomic E-state index is -1.43. The summed E-state index contributed by atoms with van der Waals surface area (Å²) in [6.45, 7) is 25.5. The predicted octanol–water partition coefficient (Wildman–Crippen LogP) is 16.9. The Hall–Kier alpha value is -9.19. The number of aliphatic hydroxyl groups excluding tert-OH is 1. The van der Waals surface area contributed by atoms with Crippen molar-refractivity contribution in [3.63, 3.8) is 0 Å². The standard InChI is InChI=1S/C34H39ClN2O4.C20H22O3.C18H18O3.C10H9BrO3/c1-34(2,3)26-13-10-23(11-14-26)22-6-8-24(9-7-22)32(39)33(40)36-29(21-37-18-4-5-19-37)31(38)25-12-17-30(28(35)20-25)41-27-15-16-27;1-5-23-19(22)18(21)16-8-6-14(7-9-16)15-10-12-17(13-11-15)20(2,3)4;1-18(2,3)15-10-8-13(9-11-15)12-4-6-14(7-5-12)16(19)17(20)21;1-2-14-10(13)9(12)7-3-5-8(11)6-4-7/h6-14,17,20,27,29,31,38H,4-5,15-16,18-19,21H2,1-3H3,(H,36,40);6-13H,5H2,1-4H3;4-11H,1-3H3,(H,20,21);3-6H,2H2,1H3/t29-,31-;;;/m1.../s1. The minimum absolute atomic E-state index is 0.0720. The number of rotatable bonds is 20.